The first kappa shape index (κ1) is 16.5. The minimum atomic E-state index is 0.625. The molecule has 4 rings (SSSR count). The number of guanidine groups is 1. The monoisotopic (exact) mass is 338 g/mol. The predicted octanol–water partition coefficient (Wildman–Crippen LogP) is 3.94. The quantitative estimate of drug-likeness (QED) is 0.493. The number of aliphatic imine (C=N–C) groups is 1. The molecule has 2 fully saturated rings. The fourth-order valence-electron chi connectivity index (χ4n) is 4.42. The van der Waals surface area contributed by atoms with Gasteiger partial charge in [0.05, 0.1) is 0 Å². The fourth-order valence-corrected chi connectivity index (χ4v) is 4.42. The lowest BCUT2D eigenvalue weighted by molar-refractivity contribution is 0.151. The molecule has 1 aliphatic heterocycles. The van der Waals surface area contributed by atoms with Gasteiger partial charge >= 0.3 is 0 Å². The second-order valence-electron chi connectivity index (χ2n) is 7.72. The summed E-state index contributed by atoms with van der Waals surface area (Å²) in [6, 6.07) is 8.55. The highest BCUT2D eigenvalue weighted by atomic mass is 15.3. The molecule has 2 heterocycles. The number of aromatic amines is 1. The summed E-state index contributed by atoms with van der Waals surface area (Å²) in [5, 5.41) is 4.86. The average Bonchev–Trinajstić information content (AvgIpc) is 3.22. The third kappa shape index (κ3) is 3.39. The largest absolute Gasteiger partial charge is 0.361 e. The van der Waals surface area contributed by atoms with E-state index in [9.17, 15) is 0 Å². The Morgan fingerprint density at radius 3 is 2.92 bits per heavy atom. The number of likely N-dealkylation sites (tertiary alicyclic amines) is 1. The maximum absolute atomic E-state index is 4.92. The number of hydrogen-bond acceptors (Lipinski definition) is 1. The lowest BCUT2D eigenvalue weighted by Crippen LogP contribution is -2.42. The molecule has 4 heteroatoms. The standard InChI is InChI=1S/C21H30N4/c1-2-22-20(25-14-12-21(16-25)10-6-11-21)23-13-5-7-17-15-24-19-9-4-3-8-18(17)19/h3-4,8-9,15,24H,2,5-7,10-14,16H2,1H3,(H,22,23). The summed E-state index contributed by atoms with van der Waals surface area (Å²) in [4.78, 5) is 10.8. The van der Waals surface area contributed by atoms with Gasteiger partial charge in [-0.3, -0.25) is 4.99 Å². The van der Waals surface area contributed by atoms with Gasteiger partial charge < -0.3 is 15.2 Å². The second-order valence-corrected chi connectivity index (χ2v) is 7.72. The zero-order valence-electron chi connectivity index (χ0n) is 15.4. The predicted molar refractivity (Wildman–Crippen MR) is 105 cm³/mol. The molecule has 1 aromatic carbocycles. The molecule has 134 valence electrons. The van der Waals surface area contributed by atoms with Gasteiger partial charge in [0.1, 0.15) is 0 Å². The van der Waals surface area contributed by atoms with Crippen LogP contribution in [0.4, 0.5) is 0 Å². The smallest absolute Gasteiger partial charge is 0.193 e. The van der Waals surface area contributed by atoms with Crippen LogP contribution >= 0.6 is 0 Å². The maximum Gasteiger partial charge on any atom is 0.193 e. The molecule has 0 amide bonds. The Kier molecular flexibility index (Phi) is 4.69. The van der Waals surface area contributed by atoms with Crippen LogP contribution in [-0.2, 0) is 6.42 Å². The summed E-state index contributed by atoms with van der Waals surface area (Å²) in [6.45, 7) is 6.39. The van der Waals surface area contributed by atoms with E-state index in [-0.39, 0.29) is 0 Å². The summed E-state index contributed by atoms with van der Waals surface area (Å²) in [7, 11) is 0. The molecule has 1 saturated heterocycles. The number of aryl methyl sites for hydroxylation is 1. The molecule has 1 aliphatic carbocycles. The number of H-pyrrole nitrogens is 1. The lowest BCUT2D eigenvalue weighted by Gasteiger charge is -2.38. The van der Waals surface area contributed by atoms with Crippen molar-refractivity contribution in [3.05, 3.63) is 36.0 Å². The molecule has 0 radical (unpaired) electrons. The van der Waals surface area contributed by atoms with Crippen molar-refractivity contribution in [2.75, 3.05) is 26.2 Å². The molecule has 1 spiro atoms. The van der Waals surface area contributed by atoms with Crippen molar-refractivity contribution in [3.8, 4) is 0 Å². The lowest BCUT2D eigenvalue weighted by atomic mass is 9.68. The van der Waals surface area contributed by atoms with Gasteiger partial charge in [0.25, 0.3) is 0 Å². The number of para-hydroxylation sites is 1. The molecular weight excluding hydrogens is 308 g/mol. The number of nitrogens with zero attached hydrogens (tertiary/aromatic N) is 2. The van der Waals surface area contributed by atoms with E-state index in [1.54, 1.807) is 0 Å². The first-order chi connectivity index (χ1) is 12.3. The van der Waals surface area contributed by atoms with E-state index in [2.05, 4.69) is 52.6 Å². The summed E-state index contributed by atoms with van der Waals surface area (Å²) in [5.41, 5.74) is 3.27. The Balaban J connectivity index is 1.34. The van der Waals surface area contributed by atoms with Crippen LogP contribution in [-0.4, -0.2) is 42.0 Å². The number of hydrogen-bond donors (Lipinski definition) is 2. The Morgan fingerprint density at radius 1 is 1.28 bits per heavy atom. The van der Waals surface area contributed by atoms with Crippen molar-refractivity contribution in [3.63, 3.8) is 0 Å². The zero-order chi connectivity index (χ0) is 17.1. The van der Waals surface area contributed by atoms with Crippen LogP contribution in [0.15, 0.2) is 35.5 Å². The average molecular weight is 338 g/mol. The SMILES string of the molecule is CCNC(=NCCCc1c[nH]c2ccccc12)N1CCC2(CCC2)C1. The molecule has 2 aliphatic rings. The molecule has 2 aromatic rings. The third-order valence-electron chi connectivity index (χ3n) is 6.03. The Labute approximate surface area is 150 Å². The van der Waals surface area contributed by atoms with Crippen molar-refractivity contribution in [1.29, 1.82) is 0 Å². The van der Waals surface area contributed by atoms with Crippen molar-refractivity contribution in [2.24, 2.45) is 10.4 Å². The number of rotatable bonds is 5. The van der Waals surface area contributed by atoms with Crippen molar-refractivity contribution >= 4 is 16.9 Å². The van der Waals surface area contributed by atoms with Crippen LogP contribution in [0.3, 0.4) is 0 Å². The molecule has 4 nitrogen and oxygen atoms in total. The molecule has 0 atom stereocenters. The van der Waals surface area contributed by atoms with Crippen molar-refractivity contribution < 1.29 is 0 Å². The zero-order valence-corrected chi connectivity index (χ0v) is 15.4. The minimum absolute atomic E-state index is 0.625. The van der Waals surface area contributed by atoms with Gasteiger partial charge in [-0.2, -0.15) is 0 Å². The molecule has 1 saturated carbocycles. The van der Waals surface area contributed by atoms with Crippen LogP contribution in [0.1, 0.15) is 44.6 Å². The summed E-state index contributed by atoms with van der Waals surface area (Å²) >= 11 is 0. The van der Waals surface area contributed by atoms with E-state index >= 15 is 0 Å². The van der Waals surface area contributed by atoms with Crippen LogP contribution in [0.25, 0.3) is 10.9 Å². The Hall–Kier alpha value is -1.97. The summed E-state index contributed by atoms with van der Waals surface area (Å²) < 4.78 is 0. The van der Waals surface area contributed by atoms with Gasteiger partial charge in [0.15, 0.2) is 5.96 Å². The second kappa shape index (κ2) is 7.11. The topological polar surface area (TPSA) is 43.4 Å². The van der Waals surface area contributed by atoms with Crippen molar-refractivity contribution in [1.82, 2.24) is 15.2 Å². The molecule has 0 unspecified atom stereocenters. The number of nitrogens with one attached hydrogen (secondary N) is 2. The highest BCUT2D eigenvalue weighted by Gasteiger charge is 2.43. The number of benzene rings is 1. The third-order valence-corrected chi connectivity index (χ3v) is 6.03. The van der Waals surface area contributed by atoms with Crippen LogP contribution in [0.5, 0.6) is 0 Å². The minimum Gasteiger partial charge on any atom is -0.361 e. The van der Waals surface area contributed by atoms with E-state index in [0.29, 0.717) is 5.41 Å². The molecular formula is C21H30N4. The van der Waals surface area contributed by atoms with Gasteiger partial charge in [-0.15, -0.1) is 0 Å². The first-order valence-electron chi connectivity index (χ1n) is 9.88. The summed E-state index contributed by atoms with van der Waals surface area (Å²) in [6.07, 6.45) is 9.94. The normalized spacial score (nSPS) is 19.6. The number of aromatic nitrogens is 1. The highest BCUT2D eigenvalue weighted by Crippen LogP contribution is 2.47. The van der Waals surface area contributed by atoms with E-state index in [1.807, 2.05) is 0 Å². The summed E-state index contributed by atoms with van der Waals surface area (Å²) in [5.74, 6) is 1.13. The van der Waals surface area contributed by atoms with Gasteiger partial charge in [-0.1, -0.05) is 24.6 Å². The molecule has 1 aromatic heterocycles. The Bertz CT molecular complexity index is 741. The molecule has 2 N–H and O–H groups in total. The van der Waals surface area contributed by atoms with Gasteiger partial charge in [-0.05, 0) is 56.1 Å². The van der Waals surface area contributed by atoms with Crippen LogP contribution in [0.2, 0.25) is 0 Å². The van der Waals surface area contributed by atoms with Crippen LogP contribution in [0, 0.1) is 5.41 Å². The highest BCUT2D eigenvalue weighted by molar-refractivity contribution is 5.83. The van der Waals surface area contributed by atoms with Gasteiger partial charge in [0.2, 0.25) is 0 Å². The molecule has 0 bridgehead atoms. The number of fused-ring (bicyclic) bond motifs is 1. The van der Waals surface area contributed by atoms with Crippen LogP contribution < -0.4 is 5.32 Å². The van der Waals surface area contributed by atoms with Gasteiger partial charge in [-0.25, -0.2) is 0 Å². The van der Waals surface area contributed by atoms with Crippen molar-refractivity contribution in [2.45, 2.75) is 45.4 Å². The first-order valence-corrected chi connectivity index (χ1v) is 9.88. The maximum atomic E-state index is 4.92. The molecule has 25 heavy (non-hydrogen) atoms. The fraction of sp³-hybridized carbons (Fsp3) is 0.571. The van der Waals surface area contributed by atoms with E-state index in [0.717, 1.165) is 31.9 Å². The van der Waals surface area contributed by atoms with E-state index < -0.39 is 0 Å². The Morgan fingerprint density at radius 2 is 2.16 bits per heavy atom. The van der Waals surface area contributed by atoms with Gasteiger partial charge in [0, 0.05) is 43.3 Å². The van der Waals surface area contributed by atoms with E-state index in [1.165, 1.54) is 55.2 Å². The van der Waals surface area contributed by atoms with E-state index in [4.69, 9.17) is 4.99 Å².